The van der Waals surface area contributed by atoms with E-state index in [4.69, 9.17) is 15.2 Å². The van der Waals surface area contributed by atoms with E-state index in [0.717, 1.165) is 34.5 Å². The van der Waals surface area contributed by atoms with Gasteiger partial charge < -0.3 is 15.2 Å². The quantitative estimate of drug-likeness (QED) is 0.837. The third-order valence-electron chi connectivity index (χ3n) is 3.15. The van der Waals surface area contributed by atoms with Crippen LogP contribution in [0.1, 0.15) is 5.56 Å². The molecular formula is C16H19NO2. The van der Waals surface area contributed by atoms with Crippen LogP contribution >= 0.6 is 0 Å². The summed E-state index contributed by atoms with van der Waals surface area (Å²) in [6.45, 7) is 0.672. The van der Waals surface area contributed by atoms with Crippen LogP contribution in [-0.4, -0.2) is 20.8 Å². The molecule has 0 aliphatic rings. The lowest BCUT2D eigenvalue weighted by atomic mass is 9.99. The Hall–Kier alpha value is -2.00. The van der Waals surface area contributed by atoms with Crippen molar-refractivity contribution >= 4 is 5.69 Å². The predicted molar refractivity (Wildman–Crippen MR) is 78.4 cm³/mol. The first-order valence-corrected chi connectivity index (χ1v) is 6.27. The van der Waals surface area contributed by atoms with Gasteiger partial charge in [0.15, 0.2) is 0 Å². The van der Waals surface area contributed by atoms with Crippen molar-refractivity contribution in [2.75, 3.05) is 26.6 Å². The first-order chi connectivity index (χ1) is 9.26. The van der Waals surface area contributed by atoms with Crippen LogP contribution in [0.4, 0.5) is 5.69 Å². The summed E-state index contributed by atoms with van der Waals surface area (Å²) >= 11 is 0. The number of methoxy groups -OCH3 is 2. The Kier molecular flexibility index (Phi) is 4.42. The zero-order valence-corrected chi connectivity index (χ0v) is 11.3. The molecule has 2 aromatic carbocycles. The number of benzene rings is 2. The van der Waals surface area contributed by atoms with Crippen molar-refractivity contribution in [2.24, 2.45) is 0 Å². The molecule has 0 saturated heterocycles. The van der Waals surface area contributed by atoms with Gasteiger partial charge in [-0.25, -0.2) is 0 Å². The van der Waals surface area contributed by atoms with Crippen LogP contribution in [0, 0.1) is 0 Å². The van der Waals surface area contributed by atoms with Crippen molar-refractivity contribution in [2.45, 2.75) is 6.42 Å². The maximum absolute atomic E-state index is 6.25. The number of nitrogens with two attached hydrogens (primary N) is 1. The van der Waals surface area contributed by atoms with Crippen LogP contribution in [0.15, 0.2) is 42.5 Å². The summed E-state index contributed by atoms with van der Waals surface area (Å²) in [6.07, 6.45) is 0.820. The van der Waals surface area contributed by atoms with E-state index in [1.54, 1.807) is 14.2 Å². The summed E-state index contributed by atoms with van der Waals surface area (Å²) in [5.74, 6) is 0.833. The molecule has 2 N–H and O–H groups in total. The molecule has 0 atom stereocenters. The van der Waals surface area contributed by atoms with E-state index in [0.29, 0.717) is 6.61 Å². The lowest BCUT2D eigenvalue weighted by molar-refractivity contribution is 0.202. The number of para-hydroxylation sites is 1. The zero-order valence-electron chi connectivity index (χ0n) is 11.3. The summed E-state index contributed by atoms with van der Waals surface area (Å²) in [6, 6.07) is 14.0. The highest BCUT2D eigenvalue weighted by molar-refractivity contribution is 5.79. The largest absolute Gasteiger partial charge is 0.497 e. The molecule has 0 bridgehead atoms. The third-order valence-corrected chi connectivity index (χ3v) is 3.15. The van der Waals surface area contributed by atoms with E-state index >= 15 is 0 Å². The van der Waals surface area contributed by atoms with E-state index in [1.807, 2.05) is 42.5 Å². The van der Waals surface area contributed by atoms with Crippen molar-refractivity contribution in [1.82, 2.24) is 0 Å². The molecular weight excluding hydrogens is 238 g/mol. The van der Waals surface area contributed by atoms with Crippen LogP contribution in [0.3, 0.4) is 0 Å². The fraction of sp³-hybridized carbons (Fsp3) is 0.250. The first kappa shape index (κ1) is 13.4. The average molecular weight is 257 g/mol. The van der Waals surface area contributed by atoms with Gasteiger partial charge in [0, 0.05) is 18.4 Å². The molecule has 0 aliphatic heterocycles. The second-order valence-electron chi connectivity index (χ2n) is 4.35. The van der Waals surface area contributed by atoms with Crippen molar-refractivity contribution in [3.63, 3.8) is 0 Å². The summed E-state index contributed by atoms with van der Waals surface area (Å²) in [5, 5.41) is 0. The highest BCUT2D eigenvalue weighted by Gasteiger charge is 2.07. The SMILES string of the molecule is COCCc1cccc(-c2cccc(OC)c2)c1N. The van der Waals surface area contributed by atoms with Crippen LogP contribution in [0.5, 0.6) is 5.75 Å². The number of anilines is 1. The fourth-order valence-corrected chi connectivity index (χ4v) is 2.09. The van der Waals surface area contributed by atoms with Gasteiger partial charge in [0.05, 0.1) is 13.7 Å². The molecule has 0 aliphatic carbocycles. The molecule has 0 saturated carbocycles. The molecule has 0 heterocycles. The normalized spacial score (nSPS) is 10.4. The highest BCUT2D eigenvalue weighted by Crippen LogP contribution is 2.30. The summed E-state index contributed by atoms with van der Waals surface area (Å²) in [4.78, 5) is 0. The van der Waals surface area contributed by atoms with Gasteiger partial charge >= 0.3 is 0 Å². The van der Waals surface area contributed by atoms with E-state index in [1.165, 1.54) is 0 Å². The second-order valence-corrected chi connectivity index (χ2v) is 4.35. The van der Waals surface area contributed by atoms with E-state index in [2.05, 4.69) is 0 Å². The van der Waals surface area contributed by atoms with Crippen LogP contribution in [0.25, 0.3) is 11.1 Å². The number of nitrogen functional groups attached to an aromatic ring is 1. The van der Waals surface area contributed by atoms with Gasteiger partial charge in [0.25, 0.3) is 0 Å². The van der Waals surface area contributed by atoms with Crippen molar-refractivity contribution < 1.29 is 9.47 Å². The van der Waals surface area contributed by atoms with Crippen LogP contribution in [0.2, 0.25) is 0 Å². The van der Waals surface area contributed by atoms with Crippen LogP contribution < -0.4 is 10.5 Å². The zero-order chi connectivity index (χ0) is 13.7. The molecule has 3 nitrogen and oxygen atoms in total. The van der Waals surface area contributed by atoms with Crippen molar-refractivity contribution in [3.05, 3.63) is 48.0 Å². The number of rotatable bonds is 5. The summed E-state index contributed by atoms with van der Waals surface area (Å²) < 4.78 is 10.4. The minimum absolute atomic E-state index is 0.672. The minimum atomic E-state index is 0.672. The lowest BCUT2D eigenvalue weighted by Crippen LogP contribution is -2.01. The van der Waals surface area contributed by atoms with Crippen LogP contribution in [-0.2, 0) is 11.2 Å². The Morgan fingerprint density at radius 3 is 2.58 bits per heavy atom. The lowest BCUT2D eigenvalue weighted by Gasteiger charge is -2.12. The maximum Gasteiger partial charge on any atom is 0.119 e. The van der Waals surface area contributed by atoms with Crippen molar-refractivity contribution in [3.8, 4) is 16.9 Å². The molecule has 100 valence electrons. The first-order valence-electron chi connectivity index (χ1n) is 6.27. The van der Waals surface area contributed by atoms with E-state index in [-0.39, 0.29) is 0 Å². The predicted octanol–water partition coefficient (Wildman–Crippen LogP) is 3.13. The number of hydrogen-bond donors (Lipinski definition) is 1. The standard InChI is InChI=1S/C16H19NO2/c1-18-10-9-12-5-4-8-15(16(12)17)13-6-3-7-14(11-13)19-2/h3-8,11H,9-10,17H2,1-2H3. The second kappa shape index (κ2) is 6.25. The van der Waals surface area contributed by atoms with Gasteiger partial charge in [0.2, 0.25) is 0 Å². The molecule has 0 spiro atoms. The Morgan fingerprint density at radius 2 is 1.84 bits per heavy atom. The summed E-state index contributed by atoms with van der Waals surface area (Å²) in [7, 11) is 3.36. The molecule has 0 fully saturated rings. The smallest absolute Gasteiger partial charge is 0.119 e. The van der Waals surface area contributed by atoms with E-state index in [9.17, 15) is 0 Å². The van der Waals surface area contributed by atoms with Crippen molar-refractivity contribution in [1.29, 1.82) is 0 Å². The molecule has 0 unspecified atom stereocenters. The minimum Gasteiger partial charge on any atom is -0.497 e. The molecule has 2 rings (SSSR count). The van der Waals surface area contributed by atoms with Gasteiger partial charge in [-0.15, -0.1) is 0 Å². The van der Waals surface area contributed by atoms with Gasteiger partial charge in [-0.3, -0.25) is 0 Å². The molecule has 0 aromatic heterocycles. The Morgan fingerprint density at radius 1 is 1.05 bits per heavy atom. The number of ether oxygens (including phenoxy) is 2. The highest BCUT2D eigenvalue weighted by atomic mass is 16.5. The Bertz CT molecular complexity index is 552. The fourth-order valence-electron chi connectivity index (χ4n) is 2.09. The Labute approximate surface area is 114 Å². The Balaban J connectivity index is 2.38. The molecule has 0 amide bonds. The van der Waals surface area contributed by atoms with Gasteiger partial charge in [-0.1, -0.05) is 30.3 Å². The maximum atomic E-state index is 6.25. The van der Waals surface area contributed by atoms with Gasteiger partial charge in [0.1, 0.15) is 5.75 Å². The third kappa shape index (κ3) is 3.06. The molecule has 0 radical (unpaired) electrons. The molecule has 19 heavy (non-hydrogen) atoms. The average Bonchev–Trinajstić information content (AvgIpc) is 2.46. The monoisotopic (exact) mass is 257 g/mol. The molecule has 3 heteroatoms. The van der Waals surface area contributed by atoms with Gasteiger partial charge in [-0.05, 0) is 29.7 Å². The van der Waals surface area contributed by atoms with E-state index < -0.39 is 0 Å². The topological polar surface area (TPSA) is 44.5 Å². The molecule has 2 aromatic rings. The van der Waals surface area contributed by atoms with Gasteiger partial charge in [-0.2, -0.15) is 0 Å². The number of hydrogen-bond acceptors (Lipinski definition) is 3. The summed E-state index contributed by atoms with van der Waals surface area (Å²) in [5.41, 5.74) is 10.3.